The average molecular weight is 572 g/mol. The van der Waals surface area contributed by atoms with Crippen LogP contribution in [0.2, 0.25) is 0 Å². The highest BCUT2D eigenvalue weighted by atomic mass is 32.2. The zero-order valence-electron chi connectivity index (χ0n) is 23.6. The number of likely N-dealkylation sites (tertiary alicyclic amines) is 1. The Morgan fingerprint density at radius 2 is 1.88 bits per heavy atom. The van der Waals surface area contributed by atoms with Crippen LogP contribution in [0.5, 0.6) is 0 Å². The number of aryl methyl sites for hydroxylation is 1. The highest BCUT2D eigenvalue weighted by molar-refractivity contribution is 7.93. The Labute approximate surface area is 235 Å². The van der Waals surface area contributed by atoms with Crippen molar-refractivity contribution in [2.24, 2.45) is 5.41 Å². The van der Waals surface area contributed by atoms with Crippen molar-refractivity contribution < 1.29 is 32.3 Å². The van der Waals surface area contributed by atoms with Gasteiger partial charge in [0.15, 0.2) is 0 Å². The summed E-state index contributed by atoms with van der Waals surface area (Å²) >= 11 is 0. The lowest BCUT2D eigenvalue weighted by Crippen LogP contribution is -2.34. The van der Waals surface area contributed by atoms with Crippen molar-refractivity contribution in [2.75, 3.05) is 37.9 Å². The van der Waals surface area contributed by atoms with Gasteiger partial charge in [-0.25, -0.2) is 12.7 Å². The van der Waals surface area contributed by atoms with Crippen LogP contribution in [0, 0.1) is 19.3 Å². The molecule has 2 aromatic carbocycles. The number of carbonyl (C=O) groups is 1. The Morgan fingerprint density at radius 3 is 2.50 bits per heavy atom. The van der Waals surface area contributed by atoms with E-state index >= 15 is 0 Å². The maximum atomic E-state index is 14.3. The Kier molecular flexibility index (Phi) is 8.99. The van der Waals surface area contributed by atoms with Crippen molar-refractivity contribution in [2.45, 2.75) is 52.2 Å². The highest BCUT2D eigenvalue weighted by Crippen LogP contribution is 2.37. The smallest absolute Gasteiger partial charge is 0.269 e. The Hall–Kier alpha value is -3.25. The summed E-state index contributed by atoms with van der Waals surface area (Å²) in [5, 5.41) is 13.8. The molecule has 0 radical (unpaired) electrons. The number of aliphatic hydroxyl groups excluding tert-OH is 1. The van der Waals surface area contributed by atoms with Crippen LogP contribution in [-0.4, -0.2) is 63.1 Å². The fraction of sp³-hybridized carbons (Fsp3) is 0.448. The first-order valence-electron chi connectivity index (χ1n) is 13.1. The molecule has 0 aliphatic carbocycles. The van der Waals surface area contributed by atoms with E-state index in [1.54, 1.807) is 55.1 Å². The fourth-order valence-corrected chi connectivity index (χ4v) is 6.29. The Balaban J connectivity index is 1.80. The number of hydrogen-bond donors (Lipinski definition) is 1. The van der Waals surface area contributed by atoms with E-state index in [1.165, 1.54) is 7.11 Å². The summed E-state index contributed by atoms with van der Waals surface area (Å²) in [6, 6.07) is 12.1. The minimum Gasteiger partial charge on any atom is -0.392 e. The van der Waals surface area contributed by atoms with Gasteiger partial charge in [-0.2, -0.15) is 0 Å². The van der Waals surface area contributed by atoms with E-state index in [4.69, 9.17) is 14.0 Å². The van der Waals surface area contributed by atoms with Crippen LogP contribution in [-0.2, 0) is 37.4 Å². The van der Waals surface area contributed by atoms with E-state index in [-0.39, 0.29) is 36.6 Å². The largest absolute Gasteiger partial charge is 0.392 e. The van der Waals surface area contributed by atoms with Gasteiger partial charge in [-0.15, -0.1) is 0 Å². The molecular weight excluding hydrogens is 534 g/mol. The van der Waals surface area contributed by atoms with Crippen molar-refractivity contribution in [3.05, 3.63) is 64.8 Å². The van der Waals surface area contributed by atoms with E-state index in [0.29, 0.717) is 47.6 Å². The summed E-state index contributed by atoms with van der Waals surface area (Å²) in [7, 11) is -2.68. The molecule has 1 N–H and O–H groups in total. The van der Waals surface area contributed by atoms with Crippen LogP contribution in [0.15, 0.2) is 51.9 Å². The second kappa shape index (κ2) is 12.1. The molecule has 0 atom stereocenters. The molecule has 0 spiro atoms. The molecule has 4 rings (SSSR count). The molecule has 0 unspecified atom stereocenters. The molecule has 11 heteroatoms. The van der Waals surface area contributed by atoms with Gasteiger partial charge in [-0.05, 0) is 43.0 Å². The summed E-state index contributed by atoms with van der Waals surface area (Å²) in [6.07, 6.45) is 0.736. The SMILES string of the molecule is COCCOCN(c1onc(C)c1C)S(=O)(=O)c1ccccc1-c1ccc(CO)cc1CN1CCC(C)(C)C1=O. The van der Waals surface area contributed by atoms with Crippen molar-refractivity contribution in [3.63, 3.8) is 0 Å². The minimum absolute atomic E-state index is 0.0457. The second-order valence-electron chi connectivity index (χ2n) is 10.6. The number of methoxy groups -OCH3 is 1. The third kappa shape index (κ3) is 5.92. The van der Waals surface area contributed by atoms with Crippen molar-refractivity contribution >= 4 is 21.8 Å². The molecule has 3 aromatic rings. The first-order chi connectivity index (χ1) is 19.0. The predicted octanol–water partition coefficient (Wildman–Crippen LogP) is 4.03. The topological polar surface area (TPSA) is 122 Å². The second-order valence-corrected chi connectivity index (χ2v) is 12.4. The Morgan fingerprint density at radius 1 is 1.12 bits per heavy atom. The molecule has 1 aliphatic heterocycles. The van der Waals surface area contributed by atoms with Crippen LogP contribution in [0.3, 0.4) is 0 Å². The van der Waals surface area contributed by atoms with Crippen LogP contribution >= 0.6 is 0 Å². The summed E-state index contributed by atoms with van der Waals surface area (Å²) in [6.45, 7) is 8.24. The van der Waals surface area contributed by atoms with E-state index in [0.717, 1.165) is 16.3 Å². The number of nitrogens with zero attached hydrogens (tertiary/aromatic N) is 3. The van der Waals surface area contributed by atoms with Gasteiger partial charge in [0.25, 0.3) is 10.0 Å². The van der Waals surface area contributed by atoms with Gasteiger partial charge in [0.1, 0.15) is 6.73 Å². The van der Waals surface area contributed by atoms with Gasteiger partial charge in [0.05, 0.1) is 30.4 Å². The number of ether oxygens (including phenoxy) is 2. The summed E-state index contributed by atoms with van der Waals surface area (Å²) in [4.78, 5) is 14.9. The molecule has 2 heterocycles. The lowest BCUT2D eigenvalue weighted by atomic mass is 9.92. The number of anilines is 1. The average Bonchev–Trinajstić information content (AvgIpc) is 3.40. The third-order valence-electron chi connectivity index (χ3n) is 7.33. The maximum Gasteiger partial charge on any atom is 0.269 e. The highest BCUT2D eigenvalue weighted by Gasteiger charge is 2.39. The van der Waals surface area contributed by atoms with Gasteiger partial charge in [0.2, 0.25) is 11.8 Å². The van der Waals surface area contributed by atoms with Crippen molar-refractivity contribution in [1.82, 2.24) is 10.1 Å². The fourth-order valence-electron chi connectivity index (χ4n) is 4.74. The Bertz CT molecular complexity index is 1470. The predicted molar refractivity (Wildman–Crippen MR) is 150 cm³/mol. The molecular formula is C29H37N3O7S. The third-order valence-corrected chi connectivity index (χ3v) is 9.09. The molecule has 1 saturated heterocycles. The molecule has 1 aliphatic rings. The van der Waals surface area contributed by atoms with Crippen LogP contribution in [0.4, 0.5) is 5.88 Å². The zero-order valence-corrected chi connectivity index (χ0v) is 24.5. The molecule has 0 bridgehead atoms. The monoisotopic (exact) mass is 571 g/mol. The first-order valence-corrected chi connectivity index (χ1v) is 14.6. The maximum absolute atomic E-state index is 14.3. The lowest BCUT2D eigenvalue weighted by molar-refractivity contribution is -0.135. The molecule has 0 saturated carbocycles. The molecule has 1 fully saturated rings. The number of carbonyl (C=O) groups excluding carboxylic acids is 1. The number of rotatable bonds is 12. The standard InChI is InChI=1S/C29H37N3O7S/c1-20-21(2)30-39-27(20)32(19-38-15-14-37-5)40(35,36)26-9-7-6-8-25(26)24-11-10-22(18-33)16-23(24)17-31-13-12-29(3,4)28(31)34/h6-11,16,33H,12-15,17-19H2,1-5H3. The van der Waals surface area contributed by atoms with Crippen LogP contribution < -0.4 is 4.31 Å². The molecule has 10 nitrogen and oxygen atoms in total. The number of aromatic nitrogens is 1. The minimum atomic E-state index is -4.21. The quantitative estimate of drug-likeness (QED) is 0.256. The van der Waals surface area contributed by atoms with Gasteiger partial charge >= 0.3 is 0 Å². The normalized spacial score (nSPS) is 15.2. The zero-order chi connectivity index (χ0) is 29.1. The molecule has 1 amide bonds. The van der Waals surface area contributed by atoms with Gasteiger partial charge in [-0.1, -0.05) is 55.4 Å². The van der Waals surface area contributed by atoms with Gasteiger partial charge < -0.3 is 24.0 Å². The molecule has 1 aromatic heterocycles. The number of hydrogen-bond acceptors (Lipinski definition) is 8. The molecule has 216 valence electrons. The van der Waals surface area contributed by atoms with Crippen molar-refractivity contribution in [1.29, 1.82) is 0 Å². The lowest BCUT2D eigenvalue weighted by Gasteiger charge is -2.25. The van der Waals surface area contributed by atoms with E-state index in [9.17, 15) is 18.3 Å². The van der Waals surface area contributed by atoms with Crippen molar-refractivity contribution in [3.8, 4) is 11.1 Å². The first kappa shape index (κ1) is 29.7. The van der Waals surface area contributed by atoms with Gasteiger partial charge in [0, 0.05) is 36.7 Å². The van der Waals surface area contributed by atoms with Gasteiger partial charge in [-0.3, -0.25) is 4.79 Å². The number of amides is 1. The summed E-state index contributed by atoms with van der Waals surface area (Å²) in [5.41, 5.74) is 3.23. The number of sulfonamides is 1. The van der Waals surface area contributed by atoms with E-state index in [2.05, 4.69) is 5.16 Å². The number of aliphatic hydroxyl groups is 1. The number of benzene rings is 2. The summed E-state index contributed by atoms with van der Waals surface area (Å²) in [5.74, 6) is 0.120. The summed E-state index contributed by atoms with van der Waals surface area (Å²) < 4.78 is 45.8. The van der Waals surface area contributed by atoms with E-state index in [1.807, 2.05) is 19.9 Å². The van der Waals surface area contributed by atoms with E-state index < -0.39 is 15.4 Å². The molecule has 40 heavy (non-hydrogen) atoms. The van der Waals surface area contributed by atoms with Crippen LogP contribution in [0.25, 0.3) is 11.1 Å². The van der Waals surface area contributed by atoms with Crippen LogP contribution in [0.1, 0.15) is 42.7 Å².